The second kappa shape index (κ2) is 6.14. The van der Waals surface area contributed by atoms with E-state index in [4.69, 9.17) is 0 Å². The Morgan fingerprint density at radius 3 is 2.77 bits per heavy atom. The minimum absolute atomic E-state index is 0.146. The first-order chi connectivity index (χ1) is 12.4. The standard InChI is InChI=1S/C18H19FN4O2S/c1-12-10-14(19)5-6-17(12)26(24,25)22-9-3-4-15(22)16-7-8-20-18-11-13(2)21-23(16)18/h5-8,10-11,15H,3-4,9H2,1-2H3/t15-/m1/s1. The molecule has 3 aromatic rings. The molecule has 0 spiro atoms. The molecule has 1 aliphatic heterocycles. The molecule has 1 aromatic carbocycles. The molecule has 4 rings (SSSR count). The highest BCUT2D eigenvalue weighted by molar-refractivity contribution is 7.89. The molecule has 1 aliphatic rings. The van der Waals surface area contributed by atoms with E-state index in [0.717, 1.165) is 17.8 Å². The van der Waals surface area contributed by atoms with Gasteiger partial charge in [0.25, 0.3) is 0 Å². The Labute approximate surface area is 151 Å². The zero-order chi connectivity index (χ0) is 18.5. The summed E-state index contributed by atoms with van der Waals surface area (Å²) in [5, 5.41) is 4.46. The Morgan fingerprint density at radius 2 is 2.00 bits per heavy atom. The predicted molar refractivity (Wildman–Crippen MR) is 94.7 cm³/mol. The molecule has 0 aliphatic carbocycles. The molecule has 0 radical (unpaired) electrons. The molecule has 0 N–H and O–H groups in total. The summed E-state index contributed by atoms with van der Waals surface area (Å²) in [6, 6.07) is 7.13. The quantitative estimate of drug-likeness (QED) is 0.707. The second-order valence-electron chi connectivity index (χ2n) is 6.61. The fraction of sp³-hybridized carbons (Fsp3) is 0.333. The minimum atomic E-state index is -3.74. The SMILES string of the molecule is Cc1cc2nccc([C@H]3CCCN3S(=O)(=O)c3ccc(F)cc3C)n2n1. The van der Waals surface area contributed by atoms with E-state index in [1.54, 1.807) is 17.6 Å². The zero-order valence-corrected chi connectivity index (χ0v) is 15.4. The first-order valence-electron chi connectivity index (χ1n) is 8.47. The van der Waals surface area contributed by atoms with Gasteiger partial charge >= 0.3 is 0 Å². The summed E-state index contributed by atoms with van der Waals surface area (Å²) in [6.45, 7) is 3.92. The zero-order valence-electron chi connectivity index (χ0n) is 14.6. The number of halogens is 1. The Kier molecular flexibility index (Phi) is 4.04. The topological polar surface area (TPSA) is 67.6 Å². The van der Waals surface area contributed by atoms with Crippen molar-refractivity contribution in [3.05, 3.63) is 59.3 Å². The Hall–Kier alpha value is -2.32. The van der Waals surface area contributed by atoms with E-state index < -0.39 is 15.8 Å². The molecule has 1 atom stereocenters. The summed E-state index contributed by atoms with van der Waals surface area (Å²) in [6.07, 6.45) is 3.14. The van der Waals surface area contributed by atoms with Crippen molar-refractivity contribution in [1.29, 1.82) is 0 Å². The van der Waals surface area contributed by atoms with Crippen LogP contribution in [0.5, 0.6) is 0 Å². The number of aryl methyl sites for hydroxylation is 2. The molecule has 26 heavy (non-hydrogen) atoms. The van der Waals surface area contributed by atoms with Crippen LogP contribution >= 0.6 is 0 Å². The van der Waals surface area contributed by atoms with Gasteiger partial charge < -0.3 is 0 Å². The van der Waals surface area contributed by atoms with Gasteiger partial charge in [0.05, 0.1) is 22.3 Å². The fourth-order valence-corrected chi connectivity index (χ4v) is 5.51. The van der Waals surface area contributed by atoms with Crippen LogP contribution in [0.1, 0.15) is 35.8 Å². The van der Waals surface area contributed by atoms with Crippen LogP contribution < -0.4 is 0 Å². The van der Waals surface area contributed by atoms with Crippen LogP contribution in [-0.2, 0) is 10.0 Å². The number of hydrogen-bond donors (Lipinski definition) is 0. The summed E-state index contributed by atoms with van der Waals surface area (Å²) in [5.41, 5.74) is 2.73. The van der Waals surface area contributed by atoms with Gasteiger partial charge in [0, 0.05) is 18.8 Å². The average molecular weight is 374 g/mol. The van der Waals surface area contributed by atoms with Crippen LogP contribution in [0.15, 0.2) is 41.4 Å². The molecule has 2 aromatic heterocycles. The van der Waals surface area contributed by atoms with Gasteiger partial charge in [-0.1, -0.05) is 0 Å². The number of aromatic nitrogens is 3. The normalized spacial score (nSPS) is 18.7. The lowest BCUT2D eigenvalue weighted by Gasteiger charge is -2.25. The monoisotopic (exact) mass is 374 g/mol. The van der Waals surface area contributed by atoms with Gasteiger partial charge in [0.15, 0.2) is 5.65 Å². The second-order valence-corrected chi connectivity index (χ2v) is 8.47. The Balaban J connectivity index is 1.81. The van der Waals surface area contributed by atoms with Crippen molar-refractivity contribution >= 4 is 15.7 Å². The van der Waals surface area contributed by atoms with Gasteiger partial charge in [-0.05, 0) is 56.5 Å². The number of nitrogens with zero attached hydrogens (tertiary/aromatic N) is 4. The lowest BCUT2D eigenvalue weighted by molar-refractivity contribution is 0.385. The molecule has 0 amide bonds. The van der Waals surface area contributed by atoms with Gasteiger partial charge in [-0.3, -0.25) is 0 Å². The third-order valence-electron chi connectivity index (χ3n) is 4.78. The van der Waals surface area contributed by atoms with Crippen molar-refractivity contribution < 1.29 is 12.8 Å². The predicted octanol–water partition coefficient (Wildman–Crippen LogP) is 3.01. The third kappa shape index (κ3) is 2.69. The van der Waals surface area contributed by atoms with Gasteiger partial charge in [-0.2, -0.15) is 9.40 Å². The maximum atomic E-state index is 13.4. The highest BCUT2D eigenvalue weighted by Crippen LogP contribution is 2.37. The van der Waals surface area contributed by atoms with Crippen molar-refractivity contribution in [2.75, 3.05) is 6.54 Å². The lowest BCUT2D eigenvalue weighted by Crippen LogP contribution is -2.32. The van der Waals surface area contributed by atoms with Crippen molar-refractivity contribution in [2.45, 2.75) is 37.6 Å². The van der Waals surface area contributed by atoms with Crippen molar-refractivity contribution in [3.8, 4) is 0 Å². The molecule has 8 heteroatoms. The molecule has 0 bridgehead atoms. The number of rotatable bonds is 3. The average Bonchev–Trinajstić information content (AvgIpc) is 3.19. The van der Waals surface area contributed by atoms with Crippen LogP contribution in [0.2, 0.25) is 0 Å². The van der Waals surface area contributed by atoms with Crippen LogP contribution in [0, 0.1) is 19.7 Å². The molecule has 3 heterocycles. The first-order valence-corrected chi connectivity index (χ1v) is 9.91. The maximum Gasteiger partial charge on any atom is 0.243 e. The summed E-state index contributed by atoms with van der Waals surface area (Å²) >= 11 is 0. The summed E-state index contributed by atoms with van der Waals surface area (Å²) in [7, 11) is -3.74. The number of fused-ring (bicyclic) bond motifs is 1. The number of sulfonamides is 1. The highest BCUT2D eigenvalue weighted by Gasteiger charge is 2.38. The molecule has 0 unspecified atom stereocenters. The largest absolute Gasteiger partial charge is 0.243 e. The first kappa shape index (κ1) is 17.1. The van der Waals surface area contributed by atoms with Gasteiger partial charge in [-0.15, -0.1) is 0 Å². The fourth-order valence-electron chi connectivity index (χ4n) is 3.63. The minimum Gasteiger partial charge on any atom is -0.237 e. The van der Waals surface area contributed by atoms with Crippen LogP contribution in [0.25, 0.3) is 5.65 Å². The van der Waals surface area contributed by atoms with Crippen LogP contribution in [0.3, 0.4) is 0 Å². The van der Waals surface area contributed by atoms with E-state index in [2.05, 4.69) is 10.1 Å². The Morgan fingerprint density at radius 1 is 1.19 bits per heavy atom. The molecule has 1 saturated heterocycles. The maximum absolute atomic E-state index is 13.4. The number of hydrogen-bond acceptors (Lipinski definition) is 4. The van der Waals surface area contributed by atoms with E-state index in [1.165, 1.54) is 22.5 Å². The van der Waals surface area contributed by atoms with Gasteiger partial charge in [0.1, 0.15) is 5.82 Å². The van der Waals surface area contributed by atoms with E-state index >= 15 is 0 Å². The smallest absolute Gasteiger partial charge is 0.237 e. The van der Waals surface area contributed by atoms with E-state index in [0.29, 0.717) is 24.2 Å². The molecule has 0 saturated carbocycles. The Bertz CT molecular complexity index is 1090. The van der Waals surface area contributed by atoms with Crippen LogP contribution in [-0.4, -0.2) is 33.9 Å². The van der Waals surface area contributed by atoms with Crippen molar-refractivity contribution in [3.63, 3.8) is 0 Å². The highest BCUT2D eigenvalue weighted by atomic mass is 32.2. The number of benzene rings is 1. The molecular formula is C18H19FN4O2S. The van der Waals surface area contributed by atoms with Gasteiger partial charge in [0.2, 0.25) is 10.0 Å². The summed E-state index contributed by atoms with van der Waals surface area (Å²) < 4.78 is 43.1. The molecule has 1 fully saturated rings. The molecule has 136 valence electrons. The van der Waals surface area contributed by atoms with Crippen molar-refractivity contribution in [2.24, 2.45) is 0 Å². The molecule has 6 nitrogen and oxygen atoms in total. The van der Waals surface area contributed by atoms with E-state index in [9.17, 15) is 12.8 Å². The van der Waals surface area contributed by atoms with Crippen LogP contribution in [0.4, 0.5) is 4.39 Å². The van der Waals surface area contributed by atoms with Crippen molar-refractivity contribution in [1.82, 2.24) is 18.9 Å². The van der Waals surface area contributed by atoms with E-state index in [-0.39, 0.29) is 10.9 Å². The summed E-state index contributed by atoms with van der Waals surface area (Å²) in [4.78, 5) is 4.44. The third-order valence-corrected chi connectivity index (χ3v) is 6.85. The lowest BCUT2D eigenvalue weighted by atomic mass is 10.1. The molecular weight excluding hydrogens is 355 g/mol. The van der Waals surface area contributed by atoms with E-state index in [1.807, 2.05) is 19.1 Å². The summed E-state index contributed by atoms with van der Waals surface area (Å²) in [5.74, 6) is -0.442. The van der Waals surface area contributed by atoms with Gasteiger partial charge in [-0.25, -0.2) is 22.3 Å².